The molecular formula is C30H35NO5. The number of aromatic carboxylic acids is 1. The van der Waals surface area contributed by atoms with Crippen LogP contribution < -0.4 is 4.74 Å². The molecule has 36 heavy (non-hydrogen) atoms. The number of aliphatic carboxylic acids is 1. The molecule has 0 radical (unpaired) electrons. The van der Waals surface area contributed by atoms with Gasteiger partial charge in [-0.2, -0.15) is 0 Å². The molecule has 0 heterocycles. The van der Waals surface area contributed by atoms with Gasteiger partial charge in [-0.3, -0.25) is 9.69 Å². The average molecular weight is 490 g/mol. The van der Waals surface area contributed by atoms with Crippen LogP contribution >= 0.6 is 0 Å². The highest BCUT2D eigenvalue weighted by atomic mass is 16.5. The molecule has 6 heteroatoms. The number of ether oxygens (including phenoxy) is 1. The number of unbranched alkanes of at least 4 members (excludes halogenated alkanes) is 2. The van der Waals surface area contributed by atoms with Gasteiger partial charge in [-0.15, -0.1) is 0 Å². The van der Waals surface area contributed by atoms with Crippen molar-refractivity contribution in [2.24, 2.45) is 0 Å². The van der Waals surface area contributed by atoms with E-state index in [0.29, 0.717) is 26.2 Å². The third-order valence-corrected chi connectivity index (χ3v) is 6.13. The smallest absolute Gasteiger partial charge is 0.335 e. The molecule has 3 aromatic carbocycles. The second-order valence-electron chi connectivity index (χ2n) is 8.92. The van der Waals surface area contributed by atoms with Crippen molar-refractivity contribution in [2.75, 3.05) is 19.7 Å². The van der Waals surface area contributed by atoms with Crippen molar-refractivity contribution in [3.8, 4) is 5.75 Å². The maximum Gasteiger partial charge on any atom is 0.335 e. The molecule has 0 saturated heterocycles. The fourth-order valence-corrected chi connectivity index (χ4v) is 4.10. The van der Waals surface area contributed by atoms with E-state index in [4.69, 9.17) is 14.9 Å². The van der Waals surface area contributed by atoms with Crippen molar-refractivity contribution in [1.29, 1.82) is 0 Å². The first-order valence-corrected chi connectivity index (χ1v) is 12.5. The Morgan fingerprint density at radius 1 is 0.722 bits per heavy atom. The summed E-state index contributed by atoms with van der Waals surface area (Å²) in [5.74, 6) is -0.918. The number of nitrogens with zero attached hydrogens (tertiary/aromatic N) is 1. The Bertz CT molecular complexity index is 1080. The van der Waals surface area contributed by atoms with Gasteiger partial charge in [-0.25, -0.2) is 4.79 Å². The van der Waals surface area contributed by atoms with Gasteiger partial charge in [0.05, 0.1) is 18.6 Å². The Morgan fingerprint density at radius 3 is 2.17 bits per heavy atom. The molecule has 3 rings (SSSR count). The fraction of sp³-hybridized carbons (Fsp3) is 0.333. The van der Waals surface area contributed by atoms with Crippen molar-refractivity contribution in [1.82, 2.24) is 4.90 Å². The summed E-state index contributed by atoms with van der Waals surface area (Å²) in [5.41, 5.74) is 3.66. The number of para-hydroxylation sites is 1. The molecule has 3 aromatic rings. The molecule has 0 aliphatic rings. The second kappa shape index (κ2) is 14.7. The van der Waals surface area contributed by atoms with Gasteiger partial charge in [0.1, 0.15) is 5.75 Å². The Balaban J connectivity index is 1.49. The lowest BCUT2D eigenvalue weighted by Crippen LogP contribution is -2.28. The van der Waals surface area contributed by atoms with Crippen LogP contribution in [0.4, 0.5) is 0 Å². The molecule has 0 unspecified atom stereocenters. The first-order valence-electron chi connectivity index (χ1n) is 12.5. The normalized spacial score (nSPS) is 10.9. The van der Waals surface area contributed by atoms with Crippen molar-refractivity contribution in [2.45, 2.75) is 45.1 Å². The van der Waals surface area contributed by atoms with Crippen molar-refractivity contribution >= 4 is 11.9 Å². The highest BCUT2D eigenvalue weighted by molar-refractivity contribution is 5.87. The van der Waals surface area contributed by atoms with Crippen LogP contribution in [0.3, 0.4) is 0 Å². The summed E-state index contributed by atoms with van der Waals surface area (Å²) in [7, 11) is 0. The van der Waals surface area contributed by atoms with Crippen LogP contribution in [0.5, 0.6) is 5.75 Å². The fourth-order valence-electron chi connectivity index (χ4n) is 4.10. The van der Waals surface area contributed by atoms with Crippen LogP contribution in [-0.4, -0.2) is 46.7 Å². The predicted molar refractivity (Wildman–Crippen MR) is 141 cm³/mol. The third-order valence-electron chi connectivity index (χ3n) is 6.13. The maximum absolute atomic E-state index is 11.2. The van der Waals surface area contributed by atoms with Gasteiger partial charge in [0.15, 0.2) is 0 Å². The van der Waals surface area contributed by atoms with Gasteiger partial charge in [-0.05, 0) is 67.0 Å². The lowest BCUT2D eigenvalue weighted by Gasteiger charge is -2.22. The highest BCUT2D eigenvalue weighted by Gasteiger charge is 2.12. The number of aryl methyl sites for hydroxylation is 1. The first-order chi connectivity index (χ1) is 17.5. The number of carbonyl (C=O) groups is 2. The van der Waals surface area contributed by atoms with Crippen molar-refractivity contribution in [3.63, 3.8) is 0 Å². The summed E-state index contributed by atoms with van der Waals surface area (Å²) < 4.78 is 6.11. The van der Waals surface area contributed by atoms with Gasteiger partial charge in [-0.1, -0.05) is 60.7 Å². The van der Waals surface area contributed by atoms with E-state index in [1.807, 2.05) is 24.3 Å². The average Bonchev–Trinajstić information content (AvgIpc) is 2.89. The zero-order chi connectivity index (χ0) is 25.6. The SMILES string of the molecule is O=C(O)CCN(CCc1ccccc1OCCCCCc1ccccc1)Cc1ccc(C(=O)O)cc1. The Morgan fingerprint density at radius 2 is 1.44 bits per heavy atom. The summed E-state index contributed by atoms with van der Waals surface area (Å²) in [6, 6.07) is 25.3. The summed E-state index contributed by atoms with van der Waals surface area (Å²) >= 11 is 0. The minimum absolute atomic E-state index is 0.0499. The summed E-state index contributed by atoms with van der Waals surface area (Å²) in [4.78, 5) is 24.4. The molecule has 0 spiro atoms. The number of hydrogen-bond acceptors (Lipinski definition) is 4. The molecule has 2 N–H and O–H groups in total. The van der Waals surface area contributed by atoms with E-state index in [0.717, 1.165) is 49.0 Å². The van der Waals surface area contributed by atoms with Crippen LogP contribution in [0.15, 0.2) is 78.9 Å². The first kappa shape index (κ1) is 27.0. The molecule has 0 aliphatic carbocycles. The van der Waals surface area contributed by atoms with E-state index < -0.39 is 11.9 Å². The molecule has 0 aliphatic heterocycles. The molecule has 0 aromatic heterocycles. The van der Waals surface area contributed by atoms with E-state index in [9.17, 15) is 9.59 Å². The summed E-state index contributed by atoms with van der Waals surface area (Å²) in [6.07, 6.45) is 5.12. The highest BCUT2D eigenvalue weighted by Crippen LogP contribution is 2.20. The van der Waals surface area contributed by atoms with E-state index in [1.54, 1.807) is 24.3 Å². The monoisotopic (exact) mass is 489 g/mol. The van der Waals surface area contributed by atoms with E-state index in [2.05, 4.69) is 35.2 Å². The molecule has 190 valence electrons. The lowest BCUT2D eigenvalue weighted by atomic mass is 10.1. The largest absolute Gasteiger partial charge is 0.493 e. The topological polar surface area (TPSA) is 87.1 Å². The van der Waals surface area contributed by atoms with Crippen molar-refractivity contribution in [3.05, 3.63) is 101 Å². The number of carboxylic acids is 2. The van der Waals surface area contributed by atoms with Crippen molar-refractivity contribution < 1.29 is 24.5 Å². The van der Waals surface area contributed by atoms with Crippen LogP contribution in [0.1, 0.15) is 52.7 Å². The number of hydrogen-bond donors (Lipinski definition) is 2. The lowest BCUT2D eigenvalue weighted by molar-refractivity contribution is -0.137. The molecule has 0 bridgehead atoms. The third kappa shape index (κ3) is 9.55. The maximum atomic E-state index is 11.2. The minimum atomic E-state index is -0.961. The predicted octanol–water partition coefficient (Wildman–Crippen LogP) is 5.70. The minimum Gasteiger partial charge on any atom is -0.493 e. The van der Waals surface area contributed by atoms with Gasteiger partial charge in [0.2, 0.25) is 0 Å². The number of carboxylic acid groups (broad SMARTS) is 2. The van der Waals surface area contributed by atoms with Crippen LogP contribution in [0.2, 0.25) is 0 Å². The van der Waals surface area contributed by atoms with Gasteiger partial charge in [0, 0.05) is 19.6 Å². The quantitative estimate of drug-likeness (QED) is 0.251. The zero-order valence-electron chi connectivity index (χ0n) is 20.6. The Hall–Kier alpha value is -3.64. The van der Waals surface area contributed by atoms with E-state index in [1.165, 1.54) is 5.56 Å². The van der Waals surface area contributed by atoms with Crippen LogP contribution in [0, 0.1) is 0 Å². The second-order valence-corrected chi connectivity index (χ2v) is 8.92. The Labute approximate surface area is 213 Å². The van der Waals surface area contributed by atoms with E-state index >= 15 is 0 Å². The van der Waals surface area contributed by atoms with E-state index in [-0.39, 0.29) is 12.0 Å². The van der Waals surface area contributed by atoms with Gasteiger partial charge >= 0.3 is 11.9 Å². The van der Waals surface area contributed by atoms with Gasteiger partial charge in [0.25, 0.3) is 0 Å². The summed E-state index contributed by atoms with van der Waals surface area (Å²) in [6.45, 7) is 2.31. The number of benzene rings is 3. The Kier molecular flexibility index (Phi) is 11.0. The summed E-state index contributed by atoms with van der Waals surface area (Å²) in [5, 5.41) is 18.3. The molecule has 0 fully saturated rings. The zero-order valence-corrected chi connectivity index (χ0v) is 20.6. The molecule has 0 saturated carbocycles. The molecule has 0 atom stereocenters. The molecular weight excluding hydrogens is 454 g/mol. The van der Waals surface area contributed by atoms with Crippen LogP contribution in [0.25, 0.3) is 0 Å². The number of rotatable bonds is 16. The van der Waals surface area contributed by atoms with Gasteiger partial charge < -0.3 is 14.9 Å². The standard InChI is InChI=1S/C30H35NO5/c32-29(33)19-21-31(23-25-14-16-27(17-15-25)30(34)35)20-18-26-12-6-7-13-28(26)36-22-8-2-5-11-24-9-3-1-4-10-24/h1,3-4,6-7,9-10,12-17H,2,5,8,11,18-23H2,(H,32,33)(H,34,35). The molecule has 6 nitrogen and oxygen atoms in total. The van der Waals surface area contributed by atoms with Crippen LogP contribution in [-0.2, 0) is 24.2 Å². The molecule has 0 amide bonds.